The standard InChI is InChI=1S/C24H23NO3S/c26-23(25-22-12-7-6-11-21(22)24(27)28)13-3-1-2-8-16-29-20-15-14-18-9-4-5-10-19(18)17-20/h2,4-12,14-15,17H,1,3,13,16H2,(H,25,26)(H,27,28). The molecule has 0 spiro atoms. The third kappa shape index (κ3) is 6.22. The van der Waals surface area contributed by atoms with Gasteiger partial charge in [0.25, 0.3) is 0 Å². The maximum absolute atomic E-state index is 12.0. The number of carboxylic acid groups (broad SMARTS) is 1. The van der Waals surface area contributed by atoms with Crippen LogP contribution in [0.25, 0.3) is 10.8 Å². The van der Waals surface area contributed by atoms with Gasteiger partial charge in [-0.15, -0.1) is 11.8 Å². The van der Waals surface area contributed by atoms with E-state index in [4.69, 9.17) is 5.11 Å². The highest BCUT2D eigenvalue weighted by Crippen LogP contribution is 2.23. The molecule has 0 aliphatic rings. The number of rotatable bonds is 9. The number of amides is 1. The van der Waals surface area contributed by atoms with E-state index in [1.807, 2.05) is 12.1 Å². The minimum atomic E-state index is -1.05. The Kier molecular flexibility index (Phi) is 7.47. The number of nitrogens with one attached hydrogen (secondary N) is 1. The average Bonchev–Trinajstić information content (AvgIpc) is 2.73. The van der Waals surface area contributed by atoms with Crippen molar-refractivity contribution in [2.24, 2.45) is 0 Å². The molecule has 3 rings (SSSR count). The molecule has 148 valence electrons. The van der Waals surface area contributed by atoms with Gasteiger partial charge >= 0.3 is 5.97 Å². The largest absolute Gasteiger partial charge is 0.478 e. The highest BCUT2D eigenvalue weighted by atomic mass is 32.2. The molecule has 0 bridgehead atoms. The molecule has 3 aromatic rings. The van der Waals surface area contributed by atoms with Crippen molar-refractivity contribution < 1.29 is 14.7 Å². The predicted molar refractivity (Wildman–Crippen MR) is 120 cm³/mol. The summed E-state index contributed by atoms with van der Waals surface area (Å²) in [5.74, 6) is -0.332. The summed E-state index contributed by atoms with van der Waals surface area (Å²) >= 11 is 1.78. The number of hydrogen-bond acceptors (Lipinski definition) is 3. The normalized spacial score (nSPS) is 11.0. The van der Waals surface area contributed by atoms with E-state index in [9.17, 15) is 9.59 Å². The molecular formula is C24H23NO3S. The lowest BCUT2D eigenvalue weighted by atomic mass is 10.1. The summed E-state index contributed by atoms with van der Waals surface area (Å²) < 4.78 is 0. The summed E-state index contributed by atoms with van der Waals surface area (Å²) in [6.45, 7) is 0. The van der Waals surface area contributed by atoms with Gasteiger partial charge in [0.15, 0.2) is 0 Å². The monoisotopic (exact) mass is 405 g/mol. The number of allylic oxidation sites excluding steroid dienone is 1. The van der Waals surface area contributed by atoms with E-state index in [0.717, 1.165) is 18.6 Å². The number of aromatic carboxylic acids is 1. The van der Waals surface area contributed by atoms with Gasteiger partial charge in [-0.05, 0) is 47.9 Å². The van der Waals surface area contributed by atoms with Gasteiger partial charge in [0.05, 0.1) is 11.3 Å². The van der Waals surface area contributed by atoms with Crippen LogP contribution < -0.4 is 5.32 Å². The Labute approximate surface area is 174 Å². The zero-order valence-electron chi connectivity index (χ0n) is 16.0. The number of fused-ring (bicyclic) bond motifs is 1. The first-order valence-corrected chi connectivity index (χ1v) is 10.5. The number of thioether (sulfide) groups is 1. The molecule has 3 aromatic carbocycles. The summed E-state index contributed by atoms with van der Waals surface area (Å²) in [5.41, 5.74) is 0.443. The molecule has 29 heavy (non-hydrogen) atoms. The van der Waals surface area contributed by atoms with Gasteiger partial charge < -0.3 is 10.4 Å². The second-order valence-corrected chi connectivity index (χ2v) is 7.68. The van der Waals surface area contributed by atoms with Gasteiger partial charge in [0.1, 0.15) is 0 Å². The maximum Gasteiger partial charge on any atom is 0.337 e. The first kappa shape index (κ1) is 20.7. The van der Waals surface area contributed by atoms with Crippen LogP contribution in [0.15, 0.2) is 83.8 Å². The van der Waals surface area contributed by atoms with Crippen molar-refractivity contribution in [2.45, 2.75) is 24.2 Å². The Morgan fingerprint density at radius 2 is 1.69 bits per heavy atom. The lowest BCUT2D eigenvalue weighted by molar-refractivity contribution is -0.116. The van der Waals surface area contributed by atoms with Crippen LogP contribution in [0.5, 0.6) is 0 Å². The number of para-hydroxylation sites is 1. The lowest BCUT2D eigenvalue weighted by Gasteiger charge is -2.07. The van der Waals surface area contributed by atoms with Crippen molar-refractivity contribution in [3.63, 3.8) is 0 Å². The topological polar surface area (TPSA) is 66.4 Å². The van der Waals surface area contributed by atoms with Crippen molar-refractivity contribution in [1.29, 1.82) is 0 Å². The quantitative estimate of drug-likeness (QED) is 0.260. The maximum atomic E-state index is 12.0. The molecule has 0 aliphatic heterocycles. The molecule has 4 nitrogen and oxygen atoms in total. The minimum Gasteiger partial charge on any atom is -0.478 e. The van der Waals surface area contributed by atoms with E-state index in [1.165, 1.54) is 21.7 Å². The SMILES string of the molecule is O=C(CCCC=CCSc1ccc2ccccc2c1)Nc1ccccc1C(=O)O. The third-order valence-electron chi connectivity index (χ3n) is 4.44. The van der Waals surface area contributed by atoms with E-state index < -0.39 is 5.97 Å². The van der Waals surface area contributed by atoms with Crippen LogP contribution in [0.4, 0.5) is 5.69 Å². The number of carboxylic acids is 1. The fourth-order valence-corrected chi connectivity index (χ4v) is 3.76. The fraction of sp³-hybridized carbons (Fsp3) is 0.167. The number of anilines is 1. The zero-order valence-corrected chi connectivity index (χ0v) is 16.8. The molecule has 2 N–H and O–H groups in total. The van der Waals surface area contributed by atoms with Gasteiger partial charge in [-0.1, -0.05) is 54.6 Å². The Bertz CT molecular complexity index is 1030. The van der Waals surface area contributed by atoms with E-state index >= 15 is 0 Å². The van der Waals surface area contributed by atoms with Crippen LogP contribution in [-0.4, -0.2) is 22.7 Å². The summed E-state index contributed by atoms with van der Waals surface area (Å²) in [4.78, 5) is 24.4. The van der Waals surface area contributed by atoms with Crippen LogP contribution in [0, 0.1) is 0 Å². The molecule has 0 radical (unpaired) electrons. The van der Waals surface area contributed by atoms with Gasteiger partial charge in [0, 0.05) is 17.1 Å². The highest BCUT2D eigenvalue weighted by molar-refractivity contribution is 7.99. The minimum absolute atomic E-state index is 0.103. The lowest BCUT2D eigenvalue weighted by Crippen LogP contribution is -2.14. The summed E-state index contributed by atoms with van der Waals surface area (Å²) in [7, 11) is 0. The molecule has 0 aliphatic carbocycles. The first-order valence-electron chi connectivity index (χ1n) is 9.52. The number of hydrogen-bond donors (Lipinski definition) is 2. The third-order valence-corrected chi connectivity index (χ3v) is 5.39. The van der Waals surface area contributed by atoms with Gasteiger partial charge in [0.2, 0.25) is 5.91 Å². The molecule has 0 fully saturated rings. The molecule has 1 amide bonds. The van der Waals surface area contributed by atoms with Gasteiger partial charge in [-0.2, -0.15) is 0 Å². The zero-order chi connectivity index (χ0) is 20.5. The van der Waals surface area contributed by atoms with E-state index in [-0.39, 0.29) is 11.5 Å². The van der Waals surface area contributed by atoms with Crippen LogP contribution in [0.2, 0.25) is 0 Å². The first-order chi connectivity index (χ1) is 14.1. The second kappa shape index (κ2) is 10.5. The Balaban J connectivity index is 1.37. The smallest absolute Gasteiger partial charge is 0.337 e. The van der Waals surface area contributed by atoms with Crippen molar-refractivity contribution in [1.82, 2.24) is 0 Å². The summed E-state index contributed by atoms with van der Waals surface area (Å²) in [6.07, 6.45) is 6.10. The number of unbranched alkanes of at least 4 members (excludes halogenated alkanes) is 1. The van der Waals surface area contributed by atoms with Crippen molar-refractivity contribution in [3.8, 4) is 0 Å². The molecule has 0 unspecified atom stereocenters. The fourth-order valence-electron chi connectivity index (χ4n) is 2.96. The van der Waals surface area contributed by atoms with Crippen LogP contribution in [0.3, 0.4) is 0 Å². The molecule has 0 heterocycles. The molecule has 0 saturated heterocycles. The Morgan fingerprint density at radius 3 is 2.52 bits per heavy atom. The van der Waals surface area contributed by atoms with Crippen LogP contribution in [-0.2, 0) is 4.79 Å². The van der Waals surface area contributed by atoms with E-state index in [2.05, 4.69) is 47.8 Å². The number of benzene rings is 3. The van der Waals surface area contributed by atoms with Gasteiger partial charge in [-0.3, -0.25) is 4.79 Å². The Hall–Kier alpha value is -3.05. The highest BCUT2D eigenvalue weighted by Gasteiger charge is 2.11. The van der Waals surface area contributed by atoms with E-state index in [0.29, 0.717) is 12.1 Å². The van der Waals surface area contributed by atoms with E-state index in [1.54, 1.807) is 30.0 Å². The number of carbonyl (C=O) groups is 2. The van der Waals surface area contributed by atoms with Crippen molar-refractivity contribution >= 4 is 40.1 Å². The molecule has 0 saturated carbocycles. The second-order valence-electron chi connectivity index (χ2n) is 6.58. The van der Waals surface area contributed by atoms with Crippen molar-refractivity contribution in [2.75, 3.05) is 11.1 Å². The predicted octanol–water partition coefficient (Wildman–Crippen LogP) is 6.00. The molecule has 5 heteroatoms. The summed E-state index contributed by atoms with van der Waals surface area (Å²) in [6, 6.07) is 21.2. The summed E-state index contributed by atoms with van der Waals surface area (Å²) in [5, 5.41) is 14.3. The molecule has 0 aromatic heterocycles. The Morgan fingerprint density at radius 1 is 0.931 bits per heavy atom. The number of carbonyl (C=O) groups excluding carboxylic acids is 1. The average molecular weight is 406 g/mol. The van der Waals surface area contributed by atoms with Crippen LogP contribution >= 0.6 is 11.8 Å². The molecular weight excluding hydrogens is 382 g/mol. The molecule has 0 atom stereocenters. The van der Waals surface area contributed by atoms with Gasteiger partial charge in [-0.25, -0.2) is 4.79 Å². The van der Waals surface area contributed by atoms with Crippen LogP contribution in [0.1, 0.15) is 29.6 Å². The van der Waals surface area contributed by atoms with Crippen molar-refractivity contribution in [3.05, 3.63) is 84.4 Å².